The molecule has 2 unspecified atom stereocenters. The maximum atomic E-state index is 12.1. The summed E-state index contributed by atoms with van der Waals surface area (Å²) in [5.41, 5.74) is 0. The van der Waals surface area contributed by atoms with E-state index in [4.69, 9.17) is 5.11 Å². The van der Waals surface area contributed by atoms with Crippen molar-refractivity contribution < 1.29 is 19.5 Å². The molecule has 112 valence electrons. The summed E-state index contributed by atoms with van der Waals surface area (Å²) in [6.45, 7) is 2.42. The first-order valence-corrected chi connectivity index (χ1v) is 7.35. The maximum Gasteiger partial charge on any atom is 0.326 e. The number of unbranched alkanes of at least 4 members (excludes halogenated alkanes) is 1. The molecule has 1 aliphatic carbocycles. The molecule has 2 N–H and O–H groups in total. The Kier molecular flexibility index (Phi) is 4.62. The van der Waals surface area contributed by atoms with Crippen molar-refractivity contribution in [2.75, 3.05) is 6.54 Å². The van der Waals surface area contributed by atoms with Crippen LogP contribution < -0.4 is 5.32 Å². The van der Waals surface area contributed by atoms with Crippen LogP contribution in [0.2, 0.25) is 0 Å². The number of aliphatic carboxylic acids is 1. The van der Waals surface area contributed by atoms with Gasteiger partial charge in [-0.15, -0.1) is 0 Å². The van der Waals surface area contributed by atoms with Crippen LogP contribution in [0, 0.1) is 5.92 Å². The Morgan fingerprint density at radius 3 is 2.70 bits per heavy atom. The zero-order chi connectivity index (χ0) is 14.7. The van der Waals surface area contributed by atoms with E-state index in [-0.39, 0.29) is 18.2 Å². The number of carbonyl (C=O) groups excluding carboxylic acids is 2. The van der Waals surface area contributed by atoms with E-state index >= 15 is 0 Å². The molecule has 0 spiro atoms. The molecule has 2 aliphatic rings. The molecule has 1 heterocycles. The molecule has 6 nitrogen and oxygen atoms in total. The van der Waals surface area contributed by atoms with E-state index in [0.29, 0.717) is 19.0 Å². The van der Waals surface area contributed by atoms with Gasteiger partial charge in [0.15, 0.2) is 0 Å². The van der Waals surface area contributed by atoms with Crippen molar-refractivity contribution >= 4 is 17.8 Å². The van der Waals surface area contributed by atoms with Crippen molar-refractivity contribution in [3.8, 4) is 0 Å². The number of hydrogen-bond donors (Lipinski definition) is 2. The molecule has 0 bridgehead atoms. The van der Waals surface area contributed by atoms with Gasteiger partial charge in [0, 0.05) is 19.0 Å². The normalized spacial score (nSPS) is 23.8. The lowest BCUT2D eigenvalue weighted by molar-refractivity contribution is -0.142. The summed E-state index contributed by atoms with van der Waals surface area (Å²) in [6.07, 6.45) is 4.34. The highest BCUT2D eigenvalue weighted by molar-refractivity contribution is 5.91. The summed E-state index contributed by atoms with van der Waals surface area (Å²) in [5.74, 6) is -1.68. The number of nitrogens with zero attached hydrogens (tertiary/aromatic N) is 1. The summed E-state index contributed by atoms with van der Waals surface area (Å²) in [4.78, 5) is 36.8. The number of likely N-dealkylation sites (tertiary alicyclic amines) is 1. The fourth-order valence-corrected chi connectivity index (χ4v) is 2.60. The van der Waals surface area contributed by atoms with E-state index in [1.165, 1.54) is 0 Å². The minimum absolute atomic E-state index is 0.0214. The largest absolute Gasteiger partial charge is 0.480 e. The fraction of sp³-hybridized carbons (Fsp3) is 0.786. The van der Waals surface area contributed by atoms with Crippen molar-refractivity contribution in [2.45, 2.75) is 57.5 Å². The molecular weight excluding hydrogens is 260 g/mol. The summed E-state index contributed by atoms with van der Waals surface area (Å²) in [7, 11) is 0. The molecule has 6 heteroatoms. The Bertz CT molecular complexity index is 406. The van der Waals surface area contributed by atoms with Crippen molar-refractivity contribution in [3.63, 3.8) is 0 Å². The number of carbonyl (C=O) groups is 3. The molecule has 2 fully saturated rings. The Morgan fingerprint density at radius 2 is 2.15 bits per heavy atom. The number of carboxylic acid groups (broad SMARTS) is 1. The summed E-state index contributed by atoms with van der Waals surface area (Å²) < 4.78 is 0. The first-order chi connectivity index (χ1) is 9.52. The number of hydrogen-bond acceptors (Lipinski definition) is 3. The fourth-order valence-electron chi connectivity index (χ4n) is 2.60. The van der Waals surface area contributed by atoms with Gasteiger partial charge < -0.3 is 15.3 Å². The molecular formula is C14H22N2O4. The highest BCUT2D eigenvalue weighted by atomic mass is 16.4. The van der Waals surface area contributed by atoms with Crippen LogP contribution in [-0.4, -0.2) is 46.4 Å². The Labute approximate surface area is 118 Å². The highest BCUT2D eigenvalue weighted by Gasteiger charge is 2.42. The molecule has 0 aromatic rings. The monoisotopic (exact) mass is 282 g/mol. The lowest BCUT2D eigenvalue weighted by Gasteiger charge is -2.18. The average molecular weight is 282 g/mol. The smallest absolute Gasteiger partial charge is 0.326 e. The third kappa shape index (κ3) is 3.49. The highest BCUT2D eigenvalue weighted by Crippen LogP contribution is 2.32. The van der Waals surface area contributed by atoms with Gasteiger partial charge in [-0.1, -0.05) is 19.8 Å². The Balaban J connectivity index is 1.87. The third-order valence-corrected chi connectivity index (χ3v) is 3.98. The third-order valence-electron chi connectivity index (χ3n) is 3.98. The minimum atomic E-state index is -1.00. The standard InChI is InChI=1S/C14H22N2O4/c1-2-3-4-11(14(19)20)15-13(18)9-7-12(17)16(8-9)10-5-6-10/h9-11H,2-8H2,1H3,(H,15,18)(H,19,20). The van der Waals surface area contributed by atoms with Crippen molar-refractivity contribution in [1.82, 2.24) is 10.2 Å². The van der Waals surface area contributed by atoms with Crippen LogP contribution >= 0.6 is 0 Å². The molecule has 2 atom stereocenters. The van der Waals surface area contributed by atoms with Gasteiger partial charge in [0.1, 0.15) is 6.04 Å². The molecule has 2 rings (SSSR count). The number of carboxylic acids is 1. The molecule has 0 radical (unpaired) electrons. The van der Waals surface area contributed by atoms with Gasteiger partial charge in [0.05, 0.1) is 5.92 Å². The number of amides is 2. The quantitative estimate of drug-likeness (QED) is 0.721. The molecule has 0 aromatic carbocycles. The summed E-state index contributed by atoms with van der Waals surface area (Å²) >= 11 is 0. The SMILES string of the molecule is CCCCC(NC(=O)C1CC(=O)N(C2CC2)C1)C(=O)O. The summed E-state index contributed by atoms with van der Waals surface area (Å²) in [6, 6.07) is -0.525. The molecule has 2 amide bonds. The molecule has 1 saturated heterocycles. The van der Waals surface area contributed by atoms with Crippen LogP contribution in [0.25, 0.3) is 0 Å². The first-order valence-electron chi connectivity index (χ1n) is 7.35. The van der Waals surface area contributed by atoms with Crippen LogP contribution in [0.4, 0.5) is 0 Å². The zero-order valence-corrected chi connectivity index (χ0v) is 11.8. The average Bonchev–Trinajstić information content (AvgIpc) is 3.17. The second-order valence-corrected chi connectivity index (χ2v) is 5.72. The topological polar surface area (TPSA) is 86.7 Å². The van der Waals surface area contributed by atoms with E-state index in [9.17, 15) is 14.4 Å². The molecule has 1 aliphatic heterocycles. The summed E-state index contributed by atoms with van der Waals surface area (Å²) in [5, 5.41) is 11.7. The minimum Gasteiger partial charge on any atom is -0.480 e. The maximum absolute atomic E-state index is 12.1. The Hall–Kier alpha value is -1.59. The van der Waals surface area contributed by atoms with Gasteiger partial charge in [0.2, 0.25) is 11.8 Å². The predicted molar refractivity (Wildman–Crippen MR) is 71.9 cm³/mol. The van der Waals surface area contributed by atoms with E-state index in [1.54, 1.807) is 4.90 Å². The van der Waals surface area contributed by atoms with Crippen LogP contribution in [-0.2, 0) is 14.4 Å². The lowest BCUT2D eigenvalue weighted by Crippen LogP contribution is -2.44. The van der Waals surface area contributed by atoms with E-state index in [0.717, 1.165) is 25.7 Å². The van der Waals surface area contributed by atoms with E-state index < -0.39 is 17.9 Å². The second kappa shape index (κ2) is 6.24. The molecule has 1 saturated carbocycles. The first kappa shape index (κ1) is 14.8. The van der Waals surface area contributed by atoms with Gasteiger partial charge in [-0.2, -0.15) is 0 Å². The van der Waals surface area contributed by atoms with Crippen LogP contribution in [0.5, 0.6) is 0 Å². The van der Waals surface area contributed by atoms with Crippen molar-refractivity contribution in [1.29, 1.82) is 0 Å². The van der Waals surface area contributed by atoms with Crippen molar-refractivity contribution in [2.24, 2.45) is 5.92 Å². The lowest BCUT2D eigenvalue weighted by atomic mass is 10.1. The van der Waals surface area contributed by atoms with Crippen LogP contribution in [0.15, 0.2) is 0 Å². The van der Waals surface area contributed by atoms with E-state index in [1.807, 2.05) is 6.92 Å². The van der Waals surface area contributed by atoms with Gasteiger partial charge in [0.25, 0.3) is 0 Å². The number of nitrogens with one attached hydrogen (secondary N) is 1. The molecule has 0 aromatic heterocycles. The zero-order valence-electron chi connectivity index (χ0n) is 11.8. The molecule has 20 heavy (non-hydrogen) atoms. The van der Waals surface area contributed by atoms with Gasteiger partial charge in [-0.05, 0) is 19.3 Å². The van der Waals surface area contributed by atoms with E-state index in [2.05, 4.69) is 5.32 Å². The number of rotatable bonds is 7. The predicted octanol–water partition coefficient (Wildman–Crippen LogP) is 0.757. The van der Waals surface area contributed by atoms with Crippen molar-refractivity contribution in [3.05, 3.63) is 0 Å². The van der Waals surface area contributed by atoms with Gasteiger partial charge in [-0.25, -0.2) is 4.79 Å². The van der Waals surface area contributed by atoms with Crippen LogP contribution in [0.3, 0.4) is 0 Å². The van der Waals surface area contributed by atoms with Gasteiger partial charge in [-0.3, -0.25) is 9.59 Å². The second-order valence-electron chi connectivity index (χ2n) is 5.72. The van der Waals surface area contributed by atoms with Crippen LogP contribution in [0.1, 0.15) is 45.4 Å². The Morgan fingerprint density at radius 1 is 1.45 bits per heavy atom. The van der Waals surface area contributed by atoms with Gasteiger partial charge >= 0.3 is 5.97 Å².